The van der Waals surface area contributed by atoms with Crippen molar-refractivity contribution in [1.29, 1.82) is 0 Å². The van der Waals surface area contributed by atoms with E-state index in [1.807, 2.05) is 0 Å². The van der Waals surface area contributed by atoms with Gasteiger partial charge in [-0.05, 0) is 73.7 Å². The highest BCUT2D eigenvalue weighted by molar-refractivity contribution is 6.24. The summed E-state index contributed by atoms with van der Waals surface area (Å²) in [5.41, 5.74) is -4.82. The third-order valence-corrected chi connectivity index (χ3v) is 7.45. The molecule has 2 heterocycles. The van der Waals surface area contributed by atoms with E-state index < -0.39 is 238 Å². The van der Waals surface area contributed by atoms with Gasteiger partial charge in [0, 0.05) is 32.7 Å². The van der Waals surface area contributed by atoms with Crippen LogP contribution in [0.25, 0.3) is 98.4 Å². The number of hydrogen-bond donors (Lipinski definition) is 0. The van der Waals surface area contributed by atoms with Gasteiger partial charge in [0.2, 0.25) is 0 Å². The quantitative estimate of drug-likeness (QED) is 0.189. The Morgan fingerprint density at radius 2 is 0.932 bits per heavy atom. The van der Waals surface area contributed by atoms with Crippen molar-refractivity contribution in [2.24, 2.45) is 0 Å². The highest BCUT2D eigenvalue weighted by Crippen LogP contribution is 2.47. The molecule has 2 nitrogen and oxygen atoms in total. The summed E-state index contributed by atoms with van der Waals surface area (Å²) in [6.07, 6.45) is 0. The molecule has 10 rings (SSSR count). The molecule has 0 amide bonds. The molecule has 0 bridgehead atoms. The second kappa shape index (κ2) is 8.82. The van der Waals surface area contributed by atoms with Crippen LogP contribution in [0.3, 0.4) is 0 Å². The Morgan fingerprint density at radius 1 is 0.364 bits per heavy atom. The third-order valence-electron chi connectivity index (χ3n) is 7.45. The Balaban J connectivity index is 1.50. The fourth-order valence-corrected chi connectivity index (χ4v) is 5.61. The molecule has 0 aliphatic heterocycles. The SMILES string of the molecule is [2H]c1c([2H])c([2H])c2c(oc3c(-c4c5c([2H])c([2H])c([2H])c([2H])c5c(-c5c([2H])c([2H])c6c(oc7c([2H])c8c([2H])c([2H])c([2H])c([2H])c8c([2H])c76)c5[2H])c5c([2H])c([2H])c([2H])c([2H])c45)c([2H])c([2H])c([2H])c32)c1[2H]. The van der Waals surface area contributed by atoms with E-state index in [1.165, 1.54) is 0 Å². The van der Waals surface area contributed by atoms with Crippen molar-refractivity contribution in [2.45, 2.75) is 0 Å². The molecule has 0 N–H and O–H groups in total. The maximum atomic E-state index is 9.67. The summed E-state index contributed by atoms with van der Waals surface area (Å²) in [6.45, 7) is 0. The maximum Gasteiger partial charge on any atom is 0.143 e. The van der Waals surface area contributed by atoms with E-state index in [4.69, 9.17) is 30.8 Å². The van der Waals surface area contributed by atoms with Gasteiger partial charge < -0.3 is 8.83 Å². The molecule has 8 aromatic carbocycles. The molecule has 0 unspecified atom stereocenters. The zero-order valence-corrected chi connectivity index (χ0v) is 21.8. The molecule has 0 aliphatic carbocycles. The molecule has 204 valence electrons. The molecule has 0 aliphatic rings. The van der Waals surface area contributed by atoms with Crippen LogP contribution in [0.2, 0.25) is 0 Å². The van der Waals surface area contributed by atoms with Gasteiger partial charge in [-0.3, -0.25) is 0 Å². The largest absolute Gasteiger partial charge is 0.456 e. The molecule has 0 fully saturated rings. The Morgan fingerprint density at radius 3 is 1.68 bits per heavy atom. The zero-order valence-electron chi connectivity index (χ0n) is 45.8. The Hall–Kier alpha value is -5.86. The van der Waals surface area contributed by atoms with Crippen molar-refractivity contribution >= 4 is 76.2 Å². The predicted molar refractivity (Wildman–Crippen MR) is 184 cm³/mol. The fraction of sp³-hybridized carbons (Fsp3) is 0. The lowest BCUT2D eigenvalue weighted by Crippen LogP contribution is -1.91. The van der Waals surface area contributed by atoms with Gasteiger partial charge in [0.25, 0.3) is 0 Å². The average molecular weight is 585 g/mol. The van der Waals surface area contributed by atoms with E-state index in [0.717, 1.165) is 0 Å². The first-order chi connectivity index (χ1) is 31.8. The van der Waals surface area contributed by atoms with Crippen molar-refractivity contribution in [1.82, 2.24) is 0 Å². The molecule has 0 saturated carbocycles. The van der Waals surface area contributed by atoms with Gasteiger partial charge in [-0.1, -0.05) is 115 Å². The minimum Gasteiger partial charge on any atom is -0.456 e. The lowest BCUT2D eigenvalue weighted by molar-refractivity contribution is 0.669. The van der Waals surface area contributed by atoms with Crippen LogP contribution in [0.15, 0.2) is 154 Å². The molecular formula is C42H24O2. The van der Waals surface area contributed by atoms with Gasteiger partial charge in [0.1, 0.15) is 22.3 Å². The van der Waals surface area contributed by atoms with E-state index >= 15 is 0 Å². The topological polar surface area (TPSA) is 26.3 Å². The number of benzene rings is 8. The first-order valence-corrected chi connectivity index (χ1v) is 13.1. The number of fused-ring (bicyclic) bond motifs is 9. The van der Waals surface area contributed by atoms with Crippen molar-refractivity contribution in [3.05, 3.63) is 145 Å². The third kappa shape index (κ3) is 3.25. The number of para-hydroxylation sites is 2. The monoisotopic (exact) mass is 584 g/mol. The molecule has 10 aromatic rings. The molecule has 2 aromatic heterocycles. The number of rotatable bonds is 2. The second-order valence-corrected chi connectivity index (χ2v) is 9.77. The zero-order chi connectivity index (χ0) is 49.7. The lowest BCUT2D eigenvalue weighted by Gasteiger charge is -2.17. The number of hydrogen-bond acceptors (Lipinski definition) is 2. The fourth-order valence-electron chi connectivity index (χ4n) is 5.61. The van der Waals surface area contributed by atoms with Crippen molar-refractivity contribution < 1.29 is 41.7 Å². The average Bonchev–Trinajstić information content (AvgIpc) is 3.92. The normalized spacial score (nSPS) is 19.7. The summed E-state index contributed by atoms with van der Waals surface area (Å²) in [4.78, 5) is 0. The summed E-state index contributed by atoms with van der Waals surface area (Å²) in [7, 11) is 0. The van der Waals surface area contributed by atoms with Crippen LogP contribution in [0, 0.1) is 0 Å². The summed E-state index contributed by atoms with van der Waals surface area (Å²) < 4.78 is 226. The van der Waals surface area contributed by atoms with Crippen LogP contribution in [-0.4, -0.2) is 0 Å². The second-order valence-electron chi connectivity index (χ2n) is 9.77. The van der Waals surface area contributed by atoms with Crippen LogP contribution < -0.4 is 0 Å². The van der Waals surface area contributed by atoms with E-state index in [2.05, 4.69) is 0 Å². The molecule has 44 heavy (non-hydrogen) atoms. The molecule has 0 radical (unpaired) electrons. The first kappa shape index (κ1) is 10.4. The molecule has 2 heteroatoms. The number of furan rings is 2. The van der Waals surface area contributed by atoms with Crippen molar-refractivity contribution in [3.8, 4) is 22.3 Å². The lowest BCUT2D eigenvalue weighted by atomic mass is 9.85. The van der Waals surface area contributed by atoms with E-state index in [0.29, 0.717) is 0 Å². The summed E-state index contributed by atoms with van der Waals surface area (Å²) in [5.74, 6) is 0. The van der Waals surface area contributed by atoms with E-state index in [1.54, 1.807) is 0 Å². The van der Waals surface area contributed by atoms with Crippen LogP contribution in [0.1, 0.15) is 32.9 Å². The minimum absolute atomic E-state index is 0.376. The van der Waals surface area contributed by atoms with E-state index in [-0.39, 0.29) is 5.39 Å². The summed E-state index contributed by atoms with van der Waals surface area (Å²) >= 11 is 0. The van der Waals surface area contributed by atoms with Crippen molar-refractivity contribution in [3.63, 3.8) is 0 Å². The van der Waals surface area contributed by atoms with E-state index in [9.17, 15) is 11.0 Å². The van der Waals surface area contributed by atoms with Crippen LogP contribution >= 0.6 is 0 Å². The minimum atomic E-state index is -0.931. The van der Waals surface area contributed by atoms with Crippen molar-refractivity contribution in [2.75, 3.05) is 0 Å². The van der Waals surface area contributed by atoms with Crippen LogP contribution in [-0.2, 0) is 0 Å². The molecular weight excluding hydrogens is 536 g/mol. The van der Waals surface area contributed by atoms with Gasteiger partial charge >= 0.3 is 0 Å². The maximum absolute atomic E-state index is 9.67. The standard InChI is InChI=1S/C42H24O2/c1-2-11-26-23-39-36(22-25(26)10-1)29-21-20-27(24-38(29)43-39)40-30-13-3-5-15-32(30)41(33-16-6-4-14-31(33)40)35-18-9-17-34-28-12-7-8-19-37(28)44-42(34)35/h1-24H/i1D,2D,3D,4D,5D,6D,7D,8D,9D,10D,11D,12D,13D,14D,15D,16D,17D,18D,19D,20D,21D,22D,23D,24D. The van der Waals surface area contributed by atoms with Gasteiger partial charge in [-0.25, -0.2) is 0 Å². The van der Waals surface area contributed by atoms with Gasteiger partial charge in [0.05, 0.1) is 32.9 Å². The Labute approximate surface area is 286 Å². The predicted octanol–water partition coefficient (Wildman–Crippen LogP) is 12.3. The highest BCUT2D eigenvalue weighted by atomic mass is 16.3. The smallest absolute Gasteiger partial charge is 0.143 e. The molecule has 0 spiro atoms. The van der Waals surface area contributed by atoms with Gasteiger partial charge in [-0.15, -0.1) is 0 Å². The Kier molecular flexibility index (Phi) is 2.08. The Bertz CT molecular complexity index is 4050. The van der Waals surface area contributed by atoms with Crippen LogP contribution in [0.4, 0.5) is 0 Å². The first-order valence-electron chi connectivity index (χ1n) is 25.1. The summed E-state index contributed by atoms with van der Waals surface area (Å²) in [6, 6.07) is -19.6. The van der Waals surface area contributed by atoms with Gasteiger partial charge in [0.15, 0.2) is 0 Å². The van der Waals surface area contributed by atoms with Gasteiger partial charge in [-0.2, -0.15) is 0 Å². The molecule has 0 atom stereocenters. The van der Waals surface area contributed by atoms with Crippen LogP contribution in [0.5, 0.6) is 0 Å². The summed E-state index contributed by atoms with van der Waals surface area (Å²) in [5, 5.41) is -5.04. The molecule has 0 saturated heterocycles. The highest BCUT2D eigenvalue weighted by Gasteiger charge is 2.20.